The van der Waals surface area contributed by atoms with Crippen LogP contribution in [-0.2, 0) is 29.2 Å². The van der Waals surface area contributed by atoms with E-state index in [0.717, 1.165) is 44.0 Å². The molecule has 1 unspecified atom stereocenters. The maximum atomic E-state index is 14.3. The van der Waals surface area contributed by atoms with Gasteiger partial charge in [-0.2, -0.15) is 5.26 Å². The first-order chi connectivity index (χ1) is 27.2. The fraction of sp³-hybridized carbons (Fsp3) is 0.465. The Morgan fingerprint density at radius 3 is 2.52 bits per heavy atom. The summed E-state index contributed by atoms with van der Waals surface area (Å²) in [4.78, 5) is 55.8. The summed E-state index contributed by atoms with van der Waals surface area (Å²) in [5, 5.41) is 24.6. The average Bonchev–Trinajstić information content (AvgIpc) is 3.66. The molecule has 2 N–H and O–H groups in total. The fourth-order valence-electron chi connectivity index (χ4n) is 9.03. The molecule has 4 aliphatic heterocycles. The lowest BCUT2D eigenvalue weighted by Crippen LogP contribution is -2.53. The molecule has 1 aromatic heterocycles. The number of carbonyl (C=O) groups is 2. The maximum Gasteiger partial charge on any atom is 0.261 e. The topological polar surface area (TPSA) is 141 Å². The first-order valence-corrected chi connectivity index (χ1v) is 19.9. The summed E-state index contributed by atoms with van der Waals surface area (Å²) in [6.07, 6.45) is 5.56. The number of likely N-dealkylation sites (N-methyl/N-ethyl adjacent to an activating group) is 1. The molecule has 0 bridgehead atoms. The van der Waals surface area contributed by atoms with Gasteiger partial charge in [-0.1, -0.05) is 42.5 Å². The van der Waals surface area contributed by atoms with Crippen LogP contribution in [0.1, 0.15) is 48.3 Å². The van der Waals surface area contributed by atoms with Crippen molar-refractivity contribution in [2.45, 2.75) is 56.8 Å². The zero-order valence-corrected chi connectivity index (χ0v) is 32.1. The van der Waals surface area contributed by atoms with Crippen LogP contribution in [0, 0.1) is 17.4 Å². The van der Waals surface area contributed by atoms with Crippen molar-refractivity contribution in [2.24, 2.45) is 5.92 Å². The molecular formula is C43H51N9O4. The van der Waals surface area contributed by atoms with E-state index in [1.54, 1.807) is 23.1 Å². The molecule has 13 nitrogen and oxygen atoms in total. The lowest BCUT2D eigenvalue weighted by Gasteiger charge is -2.44. The minimum Gasteiger partial charge on any atom is -0.388 e. The number of hydrogen-bond donors (Lipinski definition) is 2. The second-order valence-corrected chi connectivity index (χ2v) is 16.1. The smallest absolute Gasteiger partial charge is 0.261 e. The average molecular weight is 758 g/mol. The number of fused-ring (bicyclic) bond motifs is 2. The predicted molar refractivity (Wildman–Crippen MR) is 215 cm³/mol. The number of anilines is 2. The van der Waals surface area contributed by atoms with E-state index in [1.807, 2.05) is 23.1 Å². The largest absolute Gasteiger partial charge is 0.388 e. The van der Waals surface area contributed by atoms with Gasteiger partial charge in [0.25, 0.3) is 5.56 Å². The first-order valence-electron chi connectivity index (χ1n) is 19.9. The van der Waals surface area contributed by atoms with Crippen molar-refractivity contribution >= 4 is 34.1 Å². The van der Waals surface area contributed by atoms with Crippen LogP contribution >= 0.6 is 0 Å². The normalized spacial score (nSPS) is 21.5. The fourth-order valence-corrected chi connectivity index (χ4v) is 9.03. The number of piperazine rings is 1. The lowest BCUT2D eigenvalue weighted by molar-refractivity contribution is -0.141. The highest BCUT2D eigenvalue weighted by atomic mass is 16.3. The van der Waals surface area contributed by atoms with Gasteiger partial charge in [-0.05, 0) is 61.7 Å². The van der Waals surface area contributed by atoms with Gasteiger partial charge in [0.15, 0.2) is 6.19 Å². The maximum absolute atomic E-state index is 14.3. The number of rotatable bonds is 9. The quantitative estimate of drug-likeness (QED) is 0.244. The van der Waals surface area contributed by atoms with Crippen molar-refractivity contribution in [1.29, 1.82) is 5.26 Å². The van der Waals surface area contributed by atoms with Crippen LogP contribution in [-0.4, -0.2) is 118 Å². The third kappa shape index (κ3) is 8.00. The Hall–Kier alpha value is -5.29. The molecule has 292 valence electrons. The minimum absolute atomic E-state index is 0.0132. The number of aliphatic hydroxyl groups is 1. The number of aromatic nitrogens is 2. The molecule has 8 rings (SSSR count). The van der Waals surface area contributed by atoms with Gasteiger partial charge >= 0.3 is 0 Å². The lowest BCUT2D eigenvalue weighted by atomic mass is 9.79. The molecule has 5 heterocycles. The summed E-state index contributed by atoms with van der Waals surface area (Å²) < 4.78 is 1.46. The molecule has 13 heteroatoms. The number of amides is 2. The molecule has 4 aliphatic rings. The summed E-state index contributed by atoms with van der Waals surface area (Å²) in [6, 6.07) is 21.7. The van der Waals surface area contributed by atoms with Crippen LogP contribution in [0.5, 0.6) is 0 Å². The molecule has 4 aromatic rings. The van der Waals surface area contributed by atoms with Gasteiger partial charge in [0.2, 0.25) is 11.8 Å². The summed E-state index contributed by atoms with van der Waals surface area (Å²) >= 11 is 0. The number of nitrogens with zero attached hydrogens (tertiary/aromatic N) is 8. The van der Waals surface area contributed by atoms with Crippen LogP contribution in [0.4, 0.5) is 11.4 Å². The summed E-state index contributed by atoms with van der Waals surface area (Å²) in [5.74, 6) is -0.179. The predicted octanol–water partition coefficient (Wildman–Crippen LogP) is 3.43. The third-order valence-electron chi connectivity index (χ3n) is 12.4. The van der Waals surface area contributed by atoms with Crippen molar-refractivity contribution < 1.29 is 14.7 Å². The summed E-state index contributed by atoms with van der Waals surface area (Å²) in [7, 11) is 2.11. The molecule has 3 saturated heterocycles. The number of nitrogens with one attached hydrogen (secondary N) is 1. The van der Waals surface area contributed by atoms with Gasteiger partial charge in [0, 0.05) is 94.1 Å². The zero-order valence-electron chi connectivity index (χ0n) is 32.1. The van der Waals surface area contributed by atoms with E-state index >= 15 is 0 Å². The Balaban J connectivity index is 0.893. The van der Waals surface area contributed by atoms with Crippen LogP contribution in [0.25, 0.3) is 10.9 Å². The number of nitriles is 1. The Morgan fingerprint density at radius 2 is 1.75 bits per heavy atom. The van der Waals surface area contributed by atoms with Crippen LogP contribution in [0.15, 0.2) is 77.9 Å². The molecule has 0 saturated carbocycles. The Labute approximate surface area is 327 Å². The molecule has 0 radical (unpaired) electrons. The summed E-state index contributed by atoms with van der Waals surface area (Å²) in [6.45, 7) is 8.19. The molecule has 3 fully saturated rings. The van der Waals surface area contributed by atoms with Gasteiger partial charge < -0.3 is 34.9 Å². The Morgan fingerprint density at radius 1 is 0.964 bits per heavy atom. The zero-order chi connectivity index (χ0) is 38.8. The number of benzene rings is 3. The van der Waals surface area contributed by atoms with Crippen LogP contribution < -0.4 is 15.8 Å². The van der Waals surface area contributed by atoms with E-state index in [1.165, 1.54) is 22.0 Å². The Kier molecular flexibility index (Phi) is 10.8. The second kappa shape index (κ2) is 16.1. The molecule has 2 atom stereocenters. The monoisotopic (exact) mass is 757 g/mol. The van der Waals surface area contributed by atoms with E-state index in [-0.39, 0.29) is 35.8 Å². The number of likely N-dealkylation sites (tertiary alicyclic amines) is 1. The van der Waals surface area contributed by atoms with Gasteiger partial charge in [-0.15, -0.1) is 0 Å². The van der Waals surface area contributed by atoms with Crippen molar-refractivity contribution in [3.63, 3.8) is 0 Å². The molecule has 2 amide bonds. The van der Waals surface area contributed by atoms with E-state index in [4.69, 9.17) is 0 Å². The van der Waals surface area contributed by atoms with Gasteiger partial charge in [0.1, 0.15) is 0 Å². The van der Waals surface area contributed by atoms with Crippen molar-refractivity contribution in [3.05, 3.63) is 100 Å². The van der Waals surface area contributed by atoms with E-state index < -0.39 is 5.60 Å². The molecule has 56 heavy (non-hydrogen) atoms. The summed E-state index contributed by atoms with van der Waals surface area (Å²) in [5.41, 5.74) is 4.32. The van der Waals surface area contributed by atoms with E-state index in [0.29, 0.717) is 81.5 Å². The van der Waals surface area contributed by atoms with E-state index in [2.05, 4.69) is 68.6 Å². The highest BCUT2D eigenvalue weighted by molar-refractivity contribution is 5.93. The van der Waals surface area contributed by atoms with Crippen molar-refractivity contribution in [1.82, 2.24) is 29.2 Å². The molecule has 3 aromatic carbocycles. The Bertz CT molecular complexity index is 2170. The highest BCUT2D eigenvalue weighted by Gasteiger charge is 2.41. The highest BCUT2D eigenvalue weighted by Crippen LogP contribution is 2.40. The van der Waals surface area contributed by atoms with Crippen LogP contribution in [0.2, 0.25) is 0 Å². The first kappa shape index (κ1) is 37.6. The van der Waals surface area contributed by atoms with Gasteiger partial charge in [-0.3, -0.25) is 19.0 Å². The van der Waals surface area contributed by atoms with E-state index in [9.17, 15) is 24.8 Å². The van der Waals surface area contributed by atoms with Gasteiger partial charge in [0.05, 0.1) is 42.5 Å². The van der Waals surface area contributed by atoms with Crippen molar-refractivity contribution in [2.75, 3.05) is 76.2 Å². The van der Waals surface area contributed by atoms with Gasteiger partial charge in [-0.25, -0.2) is 4.98 Å². The minimum atomic E-state index is -1.17. The second-order valence-electron chi connectivity index (χ2n) is 16.1. The SMILES string of the molecule is CN1CCN(CCC(=O)Nc2ccc3c(=O)n(CC4(O)CCN(C(=O)C5CCN(c6cccc7c6CN(C#N)C7)C[C@H]5c5ccccc5)CC4)cnc3c2)CC1. The molecule has 0 spiro atoms. The third-order valence-corrected chi connectivity index (χ3v) is 12.4. The standard InChI is InChI=1S/C43H51N9O4/c1-47-20-22-48(23-21-47)16-13-40(53)46-33-10-11-35-38(24-33)45-30-52(42(35)55)28-43(56)14-18-50(19-15-43)41(54)34-12-17-51(27-36(34)31-6-3-2-4-7-31)39-9-5-8-32-25-49(29-44)26-37(32)39/h2-11,24,30,34,36,56H,12-23,25-28H2,1H3,(H,46,53)/t34?,36-/m0/s1. The number of piperidine rings is 2. The number of hydrogen-bond acceptors (Lipinski definition) is 10. The molecular weight excluding hydrogens is 707 g/mol. The van der Waals surface area contributed by atoms with Crippen molar-refractivity contribution in [3.8, 4) is 6.19 Å². The number of carbonyl (C=O) groups excluding carboxylic acids is 2. The van der Waals surface area contributed by atoms with Crippen LogP contribution in [0.3, 0.4) is 0 Å². The molecule has 0 aliphatic carbocycles.